The Labute approximate surface area is 155 Å². The summed E-state index contributed by atoms with van der Waals surface area (Å²) >= 11 is 11.9. The van der Waals surface area contributed by atoms with E-state index in [9.17, 15) is 9.59 Å². The molecule has 0 spiro atoms. The average molecular weight is 378 g/mol. The Balaban J connectivity index is 1.56. The number of piperidine rings is 1. The van der Waals surface area contributed by atoms with E-state index < -0.39 is 0 Å². The zero-order valence-corrected chi connectivity index (χ0v) is 14.9. The number of hydrogen-bond donors (Lipinski definition) is 1. The lowest BCUT2D eigenvalue weighted by Gasteiger charge is -2.31. The first kappa shape index (κ1) is 17.7. The quantitative estimate of drug-likeness (QED) is 0.882. The summed E-state index contributed by atoms with van der Waals surface area (Å²) in [6, 6.07) is 8.44. The molecule has 1 N–H and O–H groups in total. The first-order chi connectivity index (χ1) is 12.0. The van der Waals surface area contributed by atoms with Gasteiger partial charge >= 0.3 is 0 Å². The van der Waals surface area contributed by atoms with Crippen LogP contribution in [-0.4, -0.2) is 34.8 Å². The van der Waals surface area contributed by atoms with Gasteiger partial charge in [0.05, 0.1) is 16.3 Å². The van der Waals surface area contributed by atoms with Crippen LogP contribution in [0.3, 0.4) is 0 Å². The second-order valence-corrected chi connectivity index (χ2v) is 6.77. The van der Waals surface area contributed by atoms with E-state index in [2.05, 4.69) is 10.3 Å². The highest BCUT2D eigenvalue weighted by molar-refractivity contribution is 6.36. The van der Waals surface area contributed by atoms with Gasteiger partial charge in [0.2, 0.25) is 5.91 Å². The molecule has 0 radical (unpaired) electrons. The minimum atomic E-state index is -0.148. The van der Waals surface area contributed by atoms with E-state index in [1.54, 1.807) is 47.6 Å². The molecule has 0 unspecified atom stereocenters. The number of nitrogens with one attached hydrogen (secondary N) is 1. The maximum Gasteiger partial charge on any atom is 0.255 e. The molecule has 7 heteroatoms. The van der Waals surface area contributed by atoms with Gasteiger partial charge in [-0.05, 0) is 43.2 Å². The number of nitrogens with zero attached hydrogens (tertiary/aromatic N) is 2. The number of hydrogen-bond acceptors (Lipinski definition) is 3. The van der Waals surface area contributed by atoms with Crippen molar-refractivity contribution < 1.29 is 9.59 Å². The van der Waals surface area contributed by atoms with E-state index in [0.29, 0.717) is 47.2 Å². The fraction of sp³-hybridized carbons (Fsp3) is 0.278. The molecule has 0 atom stereocenters. The highest BCUT2D eigenvalue weighted by Crippen LogP contribution is 2.27. The third kappa shape index (κ3) is 4.30. The van der Waals surface area contributed by atoms with Gasteiger partial charge in [0.25, 0.3) is 5.91 Å². The molecule has 2 heterocycles. The van der Waals surface area contributed by atoms with Crippen molar-refractivity contribution in [3.63, 3.8) is 0 Å². The zero-order valence-electron chi connectivity index (χ0n) is 13.4. The molecule has 25 heavy (non-hydrogen) atoms. The van der Waals surface area contributed by atoms with E-state index in [1.165, 1.54) is 0 Å². The van der Waals surface area contributed by atoms with Gasteiger partial charge in [-0.2, -0.15) is 0 Å². The summed E-state index contributed by atoms with van der Waals surface area (Å²) < 4.78 is 0. The van der Waals surface area contributed by atoms with Crippen LogP contribution in [0.15, 0.2) is 42.7 Å². The summed E-state index contributed by atoms with van der Waals surface area (Å²) in [7, 11) is 0. The van der Waals surface area contributed by atoms with Crippen LogP contribution in [0.5, 0.6) is 0 Å². The van der Waals surface area contributed by atoms with Crippen molar-refractivity contribution in [2.24, 2.45) is 5.92 Å². The molecule has 1 fully saturated rings. The second kappa shape index (κ2) is 7.85. The van der Waals surface area contributed by atoms with Crippen molar-refractivity contribution in [1.29, 1.82) is 0 Å². The number of aromatic nitrogens is 1. The van der Waals surface area contributed by atoms with Gasteiger partial charge in [0.1, 0.15) is 0 Å². The molecule has 1 aliphatic rings. The first-order valence-corrected chi connectivity index (χ1v) is 8.75. The van der Waals surface area contributed by atoms with Gasteiger partial charge < -0.3 is 10.2 Å². The highest BCUT2D eigenvalue weighted by atomic mass is 35.5. The molecule has 1 aromatic carbocycles. The predicted octanol–water partition coefficient (Wildman–Crippen LogP) is 3.88. The van der Waals surface area contributed by atoms with Crippen molar-refractivity contribution in [2.45, 2.75) is 12.8 Å². The Hall–Kier alpha value is -2.11. The minimum absolute atomic E-state index is 0.0484. The smallest absolute Gasteiger partial charge is 0.255 e. The molecule has 0 saturated carbocycles. The molecular weight excluding hydrogens is 361 g/mol. The third-order valence-corrected chi connectivity index (χ3v) is 4.80. The van der Waals surface area contributed by atoms with Gasteiger partial charge in [-0.1, -0.05) is 23.2 Å². The van der Waals surface area contributed by atoms with Gasteiger partial charge in [0.15, 0.2) is 0 Å². The SMILES string of the molecule is O=C(Nc1ccc(Cl)cc1Cl)C1CCN(C(=O)c2cccnc2)CC1. The molecule has 130 valence electrons. The van der Waals surface area contributed by atoms with Crippen LogP contribution in [0, 0.1) is 5.92 Å². The van der Waals surface area contributed by atoms with Crippen molar-refractivity contribution >= 4 is 40.7 Å². The summed E-state index contributed by atoms with van der Waals surface area (Å²) in [5, 5.41) is 3.77. The van der Waals surface area contributed by atoms with Crippen molar-refractivity contribution in [3.05, 3.63) is 58.3 Å². The van der Waals surface area contributed by atoms with Crippen LogP contribution in [-0.2, 0) is 4.79 Å². The summed E-state index contributed by atoms with van der Waals surface area (Å²) in [6.07, 6.45) is 4.42. The van der Waals surface area contributed by atoms with E-state index in [-0.39, 0.29) is 17.7 Å². The van der Waals surface area contributed by atoms with Crippen molar-refractivity contribution in [3.8, 4) is 0 Å². The maximum absolute atomic E-state index is 12.4. The monoisotopic (exact) mass is 377 g/mol. The van der Waals surface area contributed by atoms with Crippen molar-refractivity contribution in [1.82, 2.24) is 9.88 Å². The Bertz CT molecular complexity index is 775. The number of anilines is 1. The van der Waals surface area contributed by atoms with E-state index in [4.69, 9.17) is 23.2 Å². The number of rotatable bonds is 3. The van der Waals surface area contributed by atoms with Crippen LogP contribution >= 0.6 is 23.2 Å². The lowest BCUT2D eigenvalue weighted by Crippen LogP contribution is -2.41. The number of carbonyl (C=O) groups excluding carboxylic acids is 2. The molecule has 1 saturated heterocycles. The molecule has 1 aliphatic heterocycles. The molecule has 2 aromatic rings. The van der Waals surface area contributed by atoms with Crippen LogP contribution < -0.4 is 5.32 Å². The molecule has 0 aliphatic carbocycles. The van der Waals surface area contributed by atoms with E-state index in [1.807, 2.05) is 0 Å². The molecule has 3 rings (SSSR count). The Morgan fingerprint density at radius 3 is 2.56 bits per heavy atom. The number of likely N-dealkylation sites (tertiary alicyclic amines) is 1. The molecular formula is C18H17Cl2N3O2. The van der Waals surface area contributed by atoms with Crippen molar-refractivity contribution in [2.75, 3.05) is 18.4 Å². The summed E-state index contributed by atoms with van der Waals surface area (Å²) in [5.74, 6) is -0.282. The largest absolute Gasteiger partial charge is 0.339 e. The number of pyridine rings is 1. The fourth-order valence-electron chi connectivity index (χ4n) is 2.84. The maximum atomic E-state index is 12.4. The number of halogens is 2. The Morgan fingerprint density at radius 2 is 1.92 bits per heavy atom. The molecule has 1 aromatic heterocycles. The molecule has 5 nitrogen and oxygen atoms in total. The van der Waals surface area contributed by atoms with Crippen LogP contribution in [0.25, 0.3) is 0 Å². The lowest BCUT2D eigenvalue weighted by atomic mass is 9.95. The lowest BCUT2D eigenvalue weighted by molar-refractivity contribution is -0.121. The summed E-state index contributed by atoms with van der Waals surface area (Å²) in [6.45, 7) is 1.08. The van der Waals surface area contributed by atoms with Gasteiger partial charge in [-0.15, -0.1) is 0 Å². The van der Waals surface area contributed by atoms with Crippen LogP contribution in [0.4, 0.5) is 5.69 Å². The molecule has 0 bridgehead atoms. The minimum Gasteiger partial charge on any atom is -0.339 e. The van der Waals surface area contributed by atoms with Gasteiger partial charge in [-0.25, -0.2) is 0 Å². The highest BCUT2D eigenvalue weighted by Gasteiger charge is 2.28. The van der Waals surface area contributed by atoms with Gasteiger partial charge in [0, 0.05) is 36.4 Å². The van der Waals surface area contributed by atoms with E-state index in [0.717, 1.165) is 0 Å². The van der Waals surface area contributed by atoms with Crippen LogP contribution in [0.1, 0.15) is 23.2 Å². The number of benzene rings is 1. The Kier molecular flexibility index (Phi) is 5.56. The molecule has 2 amide bonds. The van der Waals surface area contributed by atoms with E-state index >= 15 is 0 Å². The third-order valence-electron chi connectivity index (χ3n) is 4.25. The first-order valence-electron chi connectivity index (χ1n) is 8.00. The summed E-state index contributed by atoms with van der Waals surface area (Å²) in [4.78, 5) is 30.6. The Morgan fingerprint density at radius 1 is 1.16 bits per heavy atom. The summed E-state index contributed by atoms with van der Waals surface area (Å²) in [5.41, 5.74) is 1.11. The van der Waals surface area contributed by atoms with Crippen LogP contribution in [0.2, 0.25) is 10.0 Å². The van der Waals surface area contributed by atoms with Gasteiger partial charge in [-0.3, -0.25) is 14.6 Å². The number of amides is 2. The fourth-order valence-corrected chi connectivity index (χ4v) is 3.30. The zero-order chi connectivity index (χ0) is 17.8. The normalized spacial score (nSPS) is 15.0. The average Bonchev–Trinajstić information content (AvgIpc) is 2.64. The standard InChI is InChI=1S/C18H17Cl2N3O2/c19-14-3-4-16(15(20)10-14)22-17(24)12-5-8-23(9-6-12)18(25)13-2-1-7-21-11-13/h1-4,7,10-12H,5-6,8-9H2,(H,22,24). The topological polar surface area (TPSA) is 62.3 Å². The predicted molar refractivity (Wildman–Crippen MR) is 98.0 cm³/mol. The number of carbonyl (C=O) groups is 2. The second-order valence-electron chi connectivity index (χ2n) is 5.92.